The van der Waals surface area contributed by atoms with Crippen LogP contribution in [0, 0.1) is 0 Å². The number of imide groups is 1. The summed E-state index contributed by atoms with van der Waals surface area (Å²) < 4.78 is 10.3. The van der Waals surface area contributed by atoms with E-state index in [1.165, 1.54) is 12.1 Å². The highest BCUT2D eigenvalue weighted by Crippen LogP contribution is 2.32. The van der Waals surface area contributed by atoms with Gasteiger partial charge in [0.1, 0.15) is 5.54 Å². The molecule has 1 atom stereocenters. The van der Waals surface area contributed by atoms with Gasteiger partial charge >= 0.3 is 6.03 Å². The van der Waals surface area contributed by atoms with Crippen LogP contribution < -0.4 is 20.2 Å². The lowest BCUT2D eigenvalue weighted by molar-refractivity contribution is -0.132. The van der Waals surface area contributed by atoms with Crippen molar-refractivity contribution in [3.8, 4) is 11.5 Å². The third-order valence-corrected chi connectivity index (χ3v) is 3.82. The second-order valence-corrected chi connectivity index (χ2v) is 5.27. The molecule has 2 aliphatic heterocycles. The second-order valence-electron chi connectivity index (χ2n) is 5.27. The summed E-state index contributed by atoms with van der Waals surface area (Å²) in [4.78, 5) is 36.3. The molecule has 1 aromatic rings. The molecule has 0 saturated carbocycles. The minimum absolute atomic E-state index is 0.0995. The third kappa shape index (κ3) is 2.12. The Morgan fingerprint density at radius 1 is 1.36 bits per heavy atom. The fraction of sp³-hybridized carbons (Fsp3) is 0.357. The number of hydrazine groups is 1. The Morgan fingerprint density at radius 3 is 2.77 bits per heavy atom. The van der Waals surface area contributed by atoms with E-state index in [9.17, 15) is 14.4 Å². The van der Waals surface area contributed by atoms with Gasteiger partial charge in [-0.05, 0) is 31.5 Å². The van der Waals surface area contributed by atoms with E-state index in [2.05, 4.69) is 10.7 Å². The highest BCUT2D eigenvalue weighted by atomic mass is 16.7. The van der Waals surface area contributed by atoms with Crippen LogP contribution in [-0.4, -0.2) is 35.2 Å². The first kappa shape index (κ1) is 14.2. The Bertz CT molecular complexity index is 674. The van der Waals surface area contributed by atoms with Gasteiger partial charge in [-0.3, -0.25) is 15.0 Å². The molecule has 8 heteroatoms. The zero-order valence-corrected chi connectivity index (χ0v) is 12.1. The van der Waals surface area contributed by atoms with Gasteiger partial charge in [-0.15, -0.1) is 0 Å². The maximum Gasteiger partial charge on any atom is 0.344 e. The number of carbonyl (C=O) groups is 3. The zero-order chi connectivity index (χ0) is 15.9. The molecule has 2 heterocycles. The Hall–Kier alpha value is -2.77. The smallest absolute Gasteiger partial charge is 0.344 e. The van der Waals surface area contributed by atoms with Crippen molar-refractivity contribution in [2.75, 3.05) is 6.79 Å². The van der Waals surface area contributed by atoms with Crippen LogP contribution in [0.15, 0.2) is 18.2 Å². The molecular formula is C14H15N3O5. The van der Waals surface area contributed by atoms with Crippen LogP contribution in [-0.2, 0) is 4.79 Å². The molecule has 8 nitrogen and oxygen atoms in total. The molecule has 0 spiro atoms. The summed E-state index contributed by atoms with van der Waals surface area (Å²) in [7, 11) is 0. The minimum atomic E-state index is -1.00. The summed E-state index contributed by atoms with van der Waals surface area (Å²) in [5.74, 6) is -0.0791. The van der Waals surface area contributed by atoms with E-state index in [1.54, 1.807) is 19.9 Å². The molecule has 0 unspecified atom stereocenters. The largest absolute Gasteiger partial charge is 0.454 e. The molecule has 0 aliphatic carbocycles. The number of urea groups is 1. The van der Waals surface area contributed by atoms with Gasteiger partial charge in [0, 0.05) is 5.56 Å². The van der Waals surface area contributed by atoms with E-state index in [4.69, 9.17) is 9.47 Å². The second kappa shape index (κ2) is 4.90. The first-order valence-electron chi connectivity index (χ1n) is 6.82. The number of nitrogens with one attached hydrogen (secondary N) is 2. The first-order chi connectivity index (χ1) is 10.4. The first-order valence-corrected chi connectivity index (χ1v) is 6.82. The number of hydrogen-bond donors (Lipinski definition) is 2. The number of carbonyl (C=O) groups excluding carboxylic acids is 3. The number of benzene rings is 1. The van der Waals surface area contributed by atoms with Gasteiger partial charge in [0.25, 0.3) is 11.8 Å². The molecule has 2 aliphatic rings. The molecule has 4 amide bonds. The Morgan fingerprint density at radius 2 is 2.09 bits per heavy atom. The standard InChI is InChI=1S/C14H15N3O5/c1-3-14(2)12(19)17(13(20)15-14)16-11(18)8-4-5-9-10(6-8)22-7-21-9/h4-6H,3,7H2,1-2H3,(H,15,20)(H,16,18)/t14-/m0/s1. The van der Waals surface area contributed by atoms with Crippen molar-refractivity contribution in [2.24, 2.45) is 0 Å². The predicted octanol–water partition coefficient (Wildman–Crippen LogP) is 0.781. The van der Waals surface area contributed by atoms with Crippen LogP contribution in [0.25, 0.3) is 0 Å². The zero-order valence-electron chi connectivity index (χ0n) is 12.1. The van der Waals surface area contributed by atoms with Crippen molar-refractivity contribution in [3.63, 3.8) is 0 Å². The van der Waals surface area contributed by atoms with E-state index in [1.807, 2.05) is 0 Å². The normalized spacial score (nSPS) is 22.7. The number of nitrogens with zero attached hydrogens (tertiary/aromatic N) is 1. The van der Waals surface area contributed by atoms with E-state index < -0.39 is 23.4 Å². The highest BCUT2D eigenvalue weighted by molar-refractivity contribution is 6.09. The van der Waals surface area contributed by atoms with Crippen molar-refractivity contribution in [3.05, 3.63) is 23.8 Å². The maximum absolute atomic E-state index is 12.2. The minimum Gasteiger partial charge on any atom is -0.454 e. The average Bonchev–Trinajstić information content (AvgIpc) is 3.05. The molecular weight excluding hydrogens is 290 g/mol. The van der Waals surface area contributed by atoms with Crippen LogP contribution in [0.4, 0.5) is 4.79 Å². The van der Waals surface area contributed by atoms with Crippen LogP contribution >= 0.6 is 0 Å². The Balaban J connectivity index is 1.77. The van der Waals surface area contributed by atoms with Crippen LogP contribution in [0.2, 0.25) is 0 Å². The van der Waals surface area contributed by atoms with Gasteiger partial charge in [-0.25, -0.2) is 4.79 Å². The van der Waals surface area contributed by atoms with Crippen LogP contribution in [0.3, 0.4) is 0 Å². The summed E-state index contributed by atoms with van der Waals surface area (Å²) in [6.07, 6.45) is 0.425. The molecule has 116 valence electrons. The van der Waals surface area contributed by atoms with Crippen molar-refractivity contribution < 1.29 is 23.9 Å². The molecule has 1 saturated heterocycles. The van der Waals surface area contributed by atoms with Gasteiger partial charge in [-0.2, -0.15) is 5.01 Å². The molecule has 22 heavy (non-hydrogen) atoms. The molecule has 1 fully saturated rings. The Kier molecular flexibility index (Phi) is 3.16. The van der Waals surface area contributed by atoms with Crippen molar-refractivity contribution in [1.82, 2.24) is 15.8 Å². The summed E-state index contributed by atoms with van der Waals surface area (Å²) in [6, 6.07) is 3.97. The molecule has 2 N–H and O–H groups in total. The number of hydrogen-bond acceptors (Lipinski definition) is 5. The number of ether oxygens (including phenoxy) is 2. The van der Waals surface area contributed by atoms with Crippen LogP contribution in [0.5, 0.6) is 11.5 Å². The maximum atomic E-state index is 12.2. The average molecular weight is 305 g/mol. The van der Waals surface area contributed by atoms with E-state index in [0.29, 0.717) is 22.9 Å². The van der Waals surface area contributed by atoms with Crippen molar-refractivity contribution >= 4 is 17.8 Å². The van der Waals surface area contributed by atoms with E-state index >= 15 is 0 Å². The third-order valence-electron chi connectivity index (χ3n) is 3.82. The summed E-state index contributed by atoms with van der Waals surface area (Å²) in [5, 5.41) is 3.26. The number of fused-ring (bicyclic) bond motifs is 1. The van der Waals surface area contributed by atoms with Gasteiger partial charge < -0.3 is 14.8 Å². The van der Waals surface area contributed by atoms with Crippen LogP contribution in [0.1, 0.15) is 30.6 Å². The number of rotatable bonds is 3. The van der Waals surface area contributed by atoms with E-state index in [0.717, 1.165) is 0 Å². The van der Waals surface area contributed by atoms with E-state index in [-0.39, 0.29) is 12.4 Å². The highest BCUT2D eigenvalue weighted by Gasteiger charge is 2.47. The molecule has 1 aromatic carbocycles. The molecule has 0 aromatic heterocycles. The SMILES string of the molecule is CC[C@]1(C)NC(=O)N(NC(=O)c2ccc3c(c2)OCO3)C1=O. The topological polar surface area (TPSA) is 97.0 Å². The lowest BCUT2D eigenvalue weighted by Gasteiger charge is -2.19. The lowest BCUT2D eigenvalue weighted by atomic mass is 10.00. The summed E-state index contributed by atoms with van der Waals surface area (Å²) in [6.45, 7) is 3.49. The summed E-state index contributed by atoms with van der Waals surface area (Å²) in [5.41, 5.74) is 1.57. The summed E-state index contributed by atoms with van der Waals surface area (Å²) >= 11 is 0. The van der Waals surface area contributed by atoms with Crippen molar-refractivity contribution in [1.29, 1.82) is 0 Å². The fourth-order valence-electron chi connectivity index (χ4n) is 2.23. The number of amides is 4. The van der Waals surface area contributed by atoms with Gasteiger partial charge in [0.05, 0.1) is 0 Å². The fourth-order valence-corrected chi connectivity index (χ4v) is 2.23. The van der Waals surface area contributed by atoms with Gasteiger partial charge in [0.15, 0.2) is 11.5 Å². The van der Waals surface area contributed by atoms with Gasteiger partial charge in [-0.1, -0.05) is 6.92 Å². The molecule has 3 rings (SSSR count). The monoisotopic (exact) mass is 305 g/mol. The molecule has 0 bridgehead atoms. The Labute approximate surface area is 126 Å². The quantitative estimate of drug-likeness (QED) is 0.804. The van der Waals surface area contributed by atoms with Crippen molar-refractivity contribution in [2.45, 2.75) is 25.8 Å². The lowest BCUT2D eigenvalue weighted by Crippen LogP contribution is -2.48. The predicted molar refractivity (Wildman–Crippen MR) is 74.1 cm³/mol. The van der Waals surface area contributed by atoms with Gasteiger partial charge in [0.2, 0.25) is 6.79 Å². The molecule has 0 radical (unpaired) electrons.